The highest BCUT2D eigenvalue weighted by Crippen LogP contribution is 2.26. The summed E-state index contributed by atoms with van der Waals surface area (Å²) in [4.78, 5) is 47.7. The molecule has 2 atom stereocenters. The van der Waals surface area contributed by atoms with Crippen molar-refractivity contribution in [2.24, 2.45) is 11.8 Å². The van der Waals surface area contributed by atoms with Gasteiger partial charge in [-0.1, -0.05) is 19.8 Å². The molecule has 0 aromatic carbocycles. The molecule has 0 N–H and O–H groups in total. The fourth-order valence-electron chi connectivity index (χ4n) is 2.91. The monoisotopic (exact) mass is 323 g/mol. The van der Waals surface area contributed by atoms with Gasteiger partial charge in [0.25, 0.3) is 0 Å². The van der Waals surface area contributed by atoms with Gasteiger partial charge in [-0.15, -0.1) is 0 Å². The van der Waals surface area contributed by atoms with Crippen LogP contribution in [-0.4, -0.2) is 34.8 Å². The topological polar surface area (TPSA) is 71.5 Å². The molecular weight excluding hydrogens is 294 g/mol. The molecule has 5 nitrogen and oxygen atoms in total. The zero-order valence-corrected chi connectivity index (χ0v) is 14.6. The number of likely N-dealkylation sites (tertiary alicyclic amines) is 1. The fourth-order valence-corrected chi connectivity index (χ4v) is 2.91. The van der Waals surface area contributed by atoms with E-state index in [2.05, 4.69) is 0 Å². The molecule has 1 rings (SSSR count). The number of unbranched alkanes of at least 4 members (excludes halogenated alkanes) is 2. The lowest BCUT2D eigenvalue weighted by Gasteiger charge is -2.15. The molecule has 0 aromatic heterocycles. The number of nitrogens with zero attached hydrogens (tertiary/aromatic N) is 1. The van der Waals surface area contributed by atoms with Crippen molar-refractivity contribution in [3.8, 4) is 0 Å². The standard InChI is InChI=1S/C18H29NO4/c1-13(15(3)21)8-7-10-16-12-17(22)19(18(16)23)11-6-4-5-9-14(2)20/h13,16H,4-12H2,1-3H3. The molecule has 1 aliphatic heterocycles. The van der Waals surface area contributed by atoms with Crippen LogP contribution in [0.15, 0.2) is 0 Å². The summed E-state index contributed by atoms with van der Waals surface area (Å²) in [5.41, 5.74) is 0. The van der Waals surface area contributed by atoms with Gasteiger partial charge in [-0.3, -0.25) is 19.3 Å². The van der Waals surface area contributed by atoms with E-state index in [0.29, 0.717) is 25.8 Å². The van der Waals surface area contributed by atoms with Gasteiger partial charge in [-0.25, -0.2) is 0 Å². The maximum Gasteiger partial charge on any atom is 0.232 e. The van der Waals surface area contributed by atoms with E-state index in [1.807, 2.05) is 6.92 Å². The molecule has 0 radical (unpaired) electrons. The van der Waals surface area contributed by atoms with Gasteiger partial charge in [-0.05, 0) is 39.5 Å². The molecule has 5 heteroatoms. The third-order valence-electron chi connectivity index (χ3n) is 4.63. The smallest absolute Gasteiger partial charge is 0.232 e. The first-order chi connectivity index (χ1) is 10.8. The molecule has 0 aliphatic carbocycles. The molecule has 0 spiro atoms. The molecule has 0 bridgehead atoms. The Bertz CT molecular complexity index is 458. The molecule has 23 heavy (non-hydrogen) atoms. The first-order valence-corrected chi connectivity index (χ1v) is 8.67. The summed E-state index contributed by atoms with van der Waals surface area (Å²) in [6.07, 6.45) is 5.58. The quantitative estimate of drug-likeness (QED) is 0.433. The fraction of sp³-hybridized carbons (Fsp3) is 0.778. The highest BCUT2D eigenvalue weighted by Gasteiger charge is 2.37. The lowest BCUT2D eigenvalue weighted by molar-refractivity contribution is -0.139. The summed E-state index contributed by atoms with van der Waals surface area (Å²) in [7, 11) is 0. The number of Topliss-reactive ketones (excluding diaryl/α,β-unsaturated/α-hetero) is 2. The molecular formula is C18H29NO4. The summed E-state index contributed by atoms with van der Waals surface area (Å²) in [5, 5.41) is 0. The number of amides is 2. The number of ketones is 2. The van der Waals surface area contributed by atoms with Gasteiger partial charge in [-0.2, -0.15) is 0 Å². The van der Waals surface area contributed by atoms with Gasteiger partial charge in [0.1, 0.15) is 11.6 Å². The lowest BCUT2D eigenvalue weighted by Crippen LogP contribution is -2.31. The van der Waals surface area contributed by atoms with Crippen LogP contribution < -0.4 is 0 Å². The summed E-state index contributed by atoms with van der Waals surface area (Å²) in [6, 6.07) is 0. The highest BCUT2D eigenvalue weighted by atomic mass is 16.2. The van der Waals surface area contributed by atoms with E-state index in [1.54, 1.807) is 13.8 Å². The lowest BCUT2D eigenvalue weighted by atomic mass is 9.95. The minimum atomic E-state index is -0.209. The van der Waals surface area contributed by atoms with Crippen molar-refractivity contribution >= 4 is 23.4 Å². The number of carbonyl (C=O) groups excluding carboxylic acids is 4. The highest BCUT2D eigenvalue weighted by molar-refractivity contribution is 6.03. The van der Waals surface area contributed by atoms with Crippen molar-refractivity contribution < 1.29 is 19.2 Å². The molecule has 0 saturated carbocycles. The molecule has 130 valence electrons. The van der Waals surface area contributed by atoms with E-state index >= 15 is 0 Å². The third-order valence-corrected chi connectivity index (χ3v) is 4.63. The van der Waals surface area contributed by atoms with E-state index in [4.69, 9.17) is 0 Å². The Kier molecular flexibility index (Phi) is 8.13. The number of imide groups is 1. The normalized spacial score (nSPS) is 19.3. The molecule has 0 aromatic rings. The second-order valence-corrected chi connectivity index (χ2v) is 6.74. The Hall–Kier alpha value is -1.52. The van der Waals surface area contributed by atoms with Crippen molar-refractivity contribution in [3.05, 3.63) is 0 Å². The van der Waals surface area contributed by atoms with Gasteiger partial charge in [0.15, 0.2) is 0 Å². The minimum Gasteiger partial charge on any atom is -0.300 e. The maximum absolute atomic E-state index is 12.3. The van der Waals surface area contributed by atoms with Crippen molar-refractivity contribution in [1.82, 2.24) is 4.90 Å². The molecule has 1 fully saturated rings. The van der Waals surface area contributed by atoms with E-state index in [9.17, 15) is 19.2 Å². The second-order valence-electron chi connectivity index (χ2n) is 6.74. The Morgan fingerprint density at radius 3 is 2.43 bits per heavy atom. The Morgan fingerprint density at radius 2 is 1.83 bits per heavy atom. The van der Waals surface area contributed by atoms with Gasteiger partial charge in [0.2, 0.25) is 11.8 Å². The Labute approximate surface area is 138 Å². The van der Waals surface area contributed by atoms with E-state index in [1.165, 1.54) is 4.90 Å². The van der Waals surface area contributed by atoms with Crippen LogP contribution in [-0.2, 0) is 19.2 Å². The summed E-state index contributed by atoms with van der Waals surface area (Å²) >= 11 is 0. The second kappa shape index (κ2) is 9.58. The van der Waals surface area contributed by atoms with Crippen LogP contribution in [0.25, 0.3) is 0 Å². The number of carbonyl (C=O) groups is 4. The average Bonchev–Trinajstić information content (AvgIpc) is 2.73. The number of hydrogen-bond donors (Lipinski definition) is 0. The number of rotatable bonds is 11. The van der Waals surface area contributed by atoms with Crippen molar-refractivity contribution in [2.75, 3.05) is 6.54 Å². The van der Waals surface area contributed by atoms with Crippen LogP contribution in [0.1, 0.15) is 72.1 Å². The Morgan fingerprint density at radius 1 is 1.13 bits per heavy atom. The summed E-state index contributed by atoms with van der Waals surface area (Å²) in [6.45, 7) is 5.53. The van der Waals surface area contributed by atoms with Gasteiger partial charge < -0.3 is 4.79 Å². The predicted molar refractivity (Wildman–Crippen MR) is 87.7 cm³/mol. The minimum absolute atomic E-state index is 0.0274. The van der Waals surface area contributed by atoms with E-state index < -0.39 is 0 Å². The van der Waals surface area contributed by atoms with Crippen LogP contribution in [0.2, 0.25) is 0 Å². The molecule has 1 aliphatic rings. The molecule has 2 unspecified atom stereocenters. The zero-order chi connectivity index (χ0) is 17.4. The van der Waals surface area contributed by atoms with Crippen molar-refractivity contribution in [2.45, 2.75) is 72.1 Å². The van der Waals surface area contributed by atoms with Crippen molar-refractivity contribution in [3.63, 3.8) is 0 Å². The van der Waals surface area contributed by atoms with E-state index in [-0.39, 0.29) is 35.2 Å². The first kappa shape index (κ1) is 19.5. The maximum atomic E-state index is 12.3. The van der Waals surface area contributed by atoms with Crippen LogP contribution in [0.4, 0.5) is 0 Å². The average molecular weight is 323 g/mol. The van der Waals surface area contributed by atoms with Gasteiger partial charge in [0, 0.05) is 31.2 Å². The zero-order valence-electron chi connectivity index (χ0n) is 14.6. The predicted octanol–water partition coefficient (Wildman–Crippen LogP) is 2.91. The van der Waals surface area contributed by atoms with E-state index in [0.717, 1.165) is 32.1 Å². The SMILES string of the molecule is CC(=O)CCCCCN1C(=O)CC(CCCC(C)C(C)=O)C1=O. The first-order valence-electron chi connectivity index (χ1n) is 8.67. The number of hydrogen-bond acceptors (Lipinski definition) is 4. The largest absolute Gasteiger partial charge is 0.300 e. The van der Waals surface area contributed by atoms with Crippen LogP contribution in [0.3, 0.4) is 0 Å². The Balaban J connectivity index is 2.29. The van der Waals surface area contributed by atoms with Crippen LogP contribution in [0, 0.1) is 11.8 Å². The van der Waals surface area contributed by atoms with Gasteiger partial charge >= 0.3 is 0 Å². The summed E-state index contributed by atoms with van der Waals surface area (Å²) in [5.74, 6) is 0.0332. The molecule has 2 amide bonds. The van der Waals surface area contributed by atoms with Crippen molar-refractivity contribution in [1.29, 1.82) is 0 Å². The van der Waals surface area contributed by atoms with Crippen LogP contribution >= 0.6 is 0 Å². The molecule has 1 saturated heterocycles. The van der Waals surface area contributed by atoms with Gasteiger partial charge in [0.05, 0.1) is 0 Å². The molecule has 1 heterocycles. The third kappa shape index (κ3) is 6.63. The summed E-state index contributed by atoms with van der Waals surface area (Å²) < 4.78 is 0. The van der Waals surface area contributed by atoms with Crippen LogP contribution in [0.5, 0.6) is 0 Å².